The molecule has 0 radical (unpaired) electrons. The summed E-state index contributed by atoms with van der Waals surface area (Å²) in [5.41, 5.74) is 1.24. The van der Waals surface area contributed by atoms with Crippen molar-refractivity contribution in [2.75, 3.05) is 0 Å². The van der Waals surface area contributed by atoms with Gasteiger partial charge in [0.05, 0.1) is 5.92 Å². The zero-order valence-electron chi connectivity index (χ0n) is 10.6. The third kappa shape index (κ3) is 3.03. The van der Waals surface area contributed by atoms with Crippen molar-refractivity contribution in [2.24, 2.45) is 0 Å². The van der Waals surface area contributed by atoms with E-state index < -0.39 is 0 Å². The van der Waals surface area contributed by atoms with Gasteiger partial charge in [-0.05, 0) is 25.8 Å². The van der Waals surface area contributed by atoms with Crippen LogP contribution < -0.4 is 0 Å². The van der Waals surface area contributed by atoms with Crippen LogP contribution in [0.15, 0.2) is 34.9 Å². The van der Waals surface area contributed by atoms with Gasteiger partial charge in [0.25, 0.3) is 0 Å². The molecule has 0 saturated heterocycles. The highest BCUT2D eigenvalue weighted by molar-refractivity contribution is 5.81. The highest BCUT2D eigenvalue weighted by Gasteiger charge is 2.17. The van der Waals surface area contributed by atoms with Gasteiger partial charge in [0.1, 0.15) is 5.78 Å². The summed E-state index contributed by atoms with van der Waals surface area (Å²) >= 11 is 0. The average molecular weight is 244 g/mol. The van der Waals surface area contributed by atoms with Gasteiger partial charge in [0.15, 0.2) is 5.82 Å². The molecule has 0 saturated carbocycles. The Bertz CT molecular complexity index is 520. The fourth-order valence-electron chi connectivity index (χ4n) is 1.62. The van der Waals surface area contributed by atoms with Crippen LogP contribution in [0.3, 0.4) is 0 Å². The Balaban J connectivity index is 1.97. The molecule has 18 heavy (non-hydrogen) atoms. The molecular weight excluding hydrogens is 228 g/mol. The first-order valence-electron chi connectivity index (χ1n) is 6.03. The Hall–Kier alpha value is -1.97. The van der Waals surface area contributed by atoms with Gasteiger partial charge in [-0.25, -0.2) is 0 Å². The van der Waals surface area contributed by atoms with Crippen LogP contribution in [0.2, 0.25) is 0 Å². The molecule has 0 fully saturated rings. The Morgan fingerprint density at radius 2 is 2.00 bits per heavy atom. The van der Waals surface area contributed by atoms with Gasteiger partial charge in [0.2, 0.25) is 5.89 Å². The number of ketones is 1. The maximum Gasteiger partial charge on any atom is 0.236 e. The molecule has 0 aliphatic rings. The number of benzene rings is 1. The van der Waals surface area contributed by atoms with Crippen LogP contribution in [0.1, 0.15) is 37.0 Å². The largest absolute Gasteiger partial charge is 0.339 e. The number of Topliss-reactive ketones (excluding diaryl/α,β-unsaturated/α-hetero) is 1. The molecule has 1 aromatic heterocycles. The van der Waals surface area contributed by atoms with Gasteiger partial charge >= 0.3 is 0 Å². The highest BCUT2D eigenvalue weighted by Crippen LogP contribution is 2.14. The maximum atomic E-state index is 11.2. The summed E-state index contributed by atoms with van der Waals surface area (Å²) in [6.07, 6.45) is 1.59. The third-order valence-electron chi connectivity index (χ3n) is 2.94. The monoisotopic (exact) mass is 244 g/mol. The van der Waals surface area contributed by atoms with Crippen molar-refractivity contribution >= 4 is 5.78 Å². The first-order valence-corrected chi connectivity index (χ1v) is 6.03. The molecule has 4 heteroatoms. The lowest BCUT2D eigenvalue weighted by Crippen LogP contribution is -2.04. The molecule has 1 unspecified atom stereocenters. The van der Waals surface area contributed by atoms with E-state index in [2.05, 4.69) is 22.3 Å². The minimum Gasteiger partial charge on any atom is -0.339 e. The second-order valence-corrected chi connectivity index (χ2v) is 4.37. The number of aryl methyl sites for hydroxylation is 2. The molecule has 1 heterocycles. The molecular formula is C14H16N2O2. The predicted octanol–water partition coefficient (Wildman–Crippen LogP) is 2.55. The molecule has 0 aliphatic carbocycles. The summed E-state index contributed by atoms with van der Waals surface area (Å²) < 4.78 is 5.09. The van der Waals surface area contributed by atoms with Crippen LogP contribution in [0, 0.1) is 0 Å². The predicted molar refractivity (Wildman–Crippen MR) is 67.2 cm³/mol. The first-order chi connectivity index (χ1) is 8.66. The number of nitrogens with zero attached hydrogens (tertiary/aromatic N) is 2. The quantitative estimate of drug-likeness (QED) is 0.811. The van der Waals surface area contributed by atoms with E-state index in [-0.39, 0.29) is 11.7 Å². The lowest BCUT2D eigenvalue weighted by Gasteiger charge is -1.98. The highest BCUT2D eigenvalue weighted by atomic mass is 16.5. The van der Waals surface area contributed by atoms with Gasteiger partial charge in [-0.3, -0.25) is 4.79 Å². The second-order valence-electron chi connectivity index (χ2n) is 4.37. The summed E-state index contributed by atoms with van der Waals surface area (Å²) in [5.74, 6) is 0.781. The fourth-order valence-corrected chi connectivity index (χ4v) is 1.62. The lowest BCUT2D eigenvalue weighted by atomic mass is 10.1. The van der Waals surface area contributed by atoms with E-state index in [1.165, 1.54) is 12.5 Å². The first kappa shape index (κ1) is 12.5. The fraction of sp³-hybridized carbons (Fsp3) is 0.357. The zero-order chi connectivity index (χ0) is 13.0. The van der Waals surface area contributed by atoms with Crippen molar-refractivity contribution in [1.29, 1.82) is 0 Å². The van der Waals surface area contributed by atoms with Gasteiger partial charge < -0.3 is 4.52 Å². The van der Waals surface area contributed by atoms with Crippen LogP contribution in [0.5, 0.6) is 0 Å². The molecule has 0 bridgehead atoms. The Labute approximate surface area is 106 Å². The van der Waals surface area contributed by atoms with E-state index in [0.717, 1.165) is 12.8 Å². The van der Waals surface area contributed by atoms with Crippen LogP contribution in [-0.4, -0.2) is 15.9 Å². The third-order valence-corrected chi connectivity index (χ3v) is 2.94. The lowest BCUT2D eigenvalue weighted by molar-refractivity contribution is -0.118. The maximum absolute atomic E-state index is 11.2. The van der Waals surface area contributed by atoms with E-state index in [1.54, 1.807) is 6.92 Å². The van der Waals surface area contributed by atoms with Gasteiger partial charge in [-0.15, -0.1) is 0 Å². The molecule has 0 amide bonds. The van der Waals surface area contributed by atoms with Crippen molar-refractivity contribution < 1.29 is 9.32 Å². The molecule has 4 nitrogen and oxygen atoms in total. The van der Waals surface area contributed by atoms with E-state index in [9.17, 15) is 4.79 Å². The Morgan fingerprint density at radius 1 is 1.28 bits per heavy atom. The Kier molecular flexibility index (Phi) is 3.87. The number of hydrogen-bond acceptors (Lipinski definition) is 4. The van der Waals surface area contributed by atoms with Crippen molar-refractivity contribution in [3.63, 3.8) is 0 Å². The molecule has 1 aromatic carbocycles. The van der Waals surface area contributed by atoms with Crippen molar-refractivity contribution in [2.45, 2.75) is 32.6 Å². The molecule has 0 N–H and O–H groups in total. The van der Waals surface area contributed by atoms with Crippen LogP contribution in [0.25, 0.3) is 0 Å². The second kappa shape index (κ2) is 5.58. The van der Waals surface area contributed by atoms with E-state index in [0.29, 0.717) is 11.7 Å². The molecule has 1 atom stereocenters. The molecule has 2 aromatic rings. The zero-order valence-corrected chi connectivity index (χ0v) is 10.6. The average Bonchev–Trinajstić information content (AvgIpc) is 2.85. The van der Waals surface area contributed by atoms with E-state index in [4.69, 9.17) is 4.52 Å². The molecule has 94 valence electrons. The minimum atomic E-state index is -0.317. The van der Waals surface area contributed by atoms with Crippen LogP contribution in [0.4, 0.5) is 0 Å². The SMILES string of the molecule is CC(=O)C(C)c1nc(CCc2ccccc2)no1. The number of carbonyl (C=O) groups is 1. The van der Waals surface area contributed by atoms with Crippen molar-refractivity contribution in [3.8, 4) is 0 Å². The summed E-state index contributed by atoms with van der Waals surface area (Å²) in [6, 6.07) is 10.1. The van der Waals surface area contributed by atoms with E-state index >= 15 is 0 Å². The summed E-state index contributed by atoms with van der Waals surface area (Å²) in [5, 5.41) is 3.90. The van der Waals surface area contributed by atoms with Crippen molar-refractivity contribution in [3.05, 3.63) is 47.6 Å². The minimum absolute atomic E-state index is 0.0354. The number of aromatic nitrogens is 2. The standard InChI is InChI=1S/C14H16N2O2/c1-10(11(2)17)14-15-13(16-18-14)9-8-12-6-4-3-5-7-12/h3-7,10H,8-9H2,1-2H3. The number of hydrogen-bond donors (Lipinski definition) is 0. The summed E-state index contributed by atoms with van der Waals surface area (Å²) in [7, 11) is 0. The normalized spacial score (nSPS) is 12.3. The van der Waals surface area contributed by atoms with E-state index in [1.807, 2.05) is 18.2 Å². The molecule has 0 spiro atoms. The van der Waals surface area contributed by atoms with Crippen molar-refractivity contribution in [1.82, 2.24) is 10.1 Å². The van der Waals surface area contributed by atoms with Gasteiger partial charge in [-0.1, -0.05) is 35.5 Å². The Morgan fingerprint density at radius 3 is 2.67 bits per heavy atom. The number of carbonyl (C=O) groups excluding carboxylic acids is 1. The molecule has 0 aliphatic heterocycles. The number of rotatable bonds is 5. The summed E-state index contributed by atoms with van der Waals surface area (Å²) in [6.45, 7) is 3.30. The van der Waals surface area contributed by atoms with Crippen LogP contribution in [-0.2, 0) is 17.6 Å². The molecule has 2 rings (SSSR count). The van der Waals surface area contributed by atoms with Crippen LogP contribution >= 0.6 is 0 Å². The van der Waals surface area contributed by atoms with Gasteiger partial charge in [0, 0.05) is 6.42 Å². The summed E-state index contributed by atoms with van der Waals surface area (Å²) in [4.78, 5) is 15.5. The smallest absolute Gasteiger partial charge is 0.236 e. The van der Waals surface area contributed by atoms with Gasteiger partial charge in [-0.2, -0.15) is 4.98 Å². The topological polar surface area (TPSA) is 56.0 Å².